The average Bonchev–Trinajstić information content (AvgIpc) is 2.78. The quantitative estimate of drug-likeness (QED) is 0.857. The lowest BCUT2D eigenvalue weighted by molar-refractivity contribution is -0.131. The summed E-state index contributed by atoms with van der Waals surface area (Å²) in [4.78, 5) is 17.6. The van der Waals surface area contributed by atoms with E-state index in [0.29, 0.717) is 6.04 Å². The molecule has 1 fully saturated rings. The Morgan fingerprint density at radius 2 is 2.32 bits per heavy atom. The highest BCUT2D eigenvalue weighted by Gasteiger charge is 2.21. The second-order valence-corrected chi connectivity index (χ2v) is 6.26. The third-order valence-electron chi connectivity index (χ3n) is 3.40. The first-order valence-electron chi connectivity index (χ1n) is 6.47. The van der Waals surface area contributed by atoms with Gasteiger partial charge in [-0.15, -0.1) is 11.3 Å². The van der Waals surface area contributed by atoms with E-state index in [0.717, 1.165) is 31.1 Å². The molecule has 0 aromatic carbocycles. The largest absolute Gasteiger partial charge is 0.478 e. The van der Waals surface area contributed by atoms with E-state index in [-0.39, 0.29) is 0 Å². The summed E-state index contributed by atoms with van der Waals surface area (Å²) < 4.78 is 0. The third kappa shape index (κ3) is 4.16. The topological polar surface area (TPSA) is 43.8 Å². The molecule has 104 valence electrons. The van der Waals surface area contributed by atoms with Crippen molar-refractivity contribution in [2.75, 3.05) is 26.7 Å². The van der Waals surface area contributed by atoms with Crippen LogP contribution in [0, 0.1) is 0 Å². The van der Waals surface area contributed by atoms with Crippen LogP contribution < -0.4 is 0 Å². The average molecular weight is 280 g/mol. The molecule has 1 aliphatic heterocycles. The molecular formula is C14H20N2O2S. The molecule has 19 heavy (non-hydrogen) atoms. The predicted octanol–water partition coefficient (Wildman–Crippen LogP) is 1.98. The van der Waals surface area contributed by atoms with Crippen molar-refractivity contribution in [2.24, 2.45) is 0 Å². The Hall–Kier alpha value is -1.17. The van der Waals surface area contributed by atoms with Crippen molar-refractivity contribution in [1.82, 2.24) is 9.80 Å². The first-order chi connectivity index (χ1) is 9.04. The minimum absolute atomic E-state index is 0.568. The van der Waals surface area contributed by atoms with Crippen LogP contribution in [-0.4, -0.2) is 53.6 Å². The number of aliphatic carboxylic acids is 1. The maximum atomic E-state index is 10.5. The minimum atomic E-state index is -0.900. The van der Waals surface area contributed by atoms with E-state index in [4.69, 9.17) is 5.11 Å². The molecule has 0 radical (unpaired) electrons. The Morgan fingerprint density at radius 1 is 1.53 bits per heavy atom. The van der Waals surface area contributed by atoms with Gasteiger partial charge in [-0.25, -0.2) is 4.79 Å². The number of hydrogen-bond acceptors (Lipinski definition) is 4. The molecule has 1 aliphatic rings. The van der Waals surface area contributed by atoms with Crippen LogP contribution in [0.2, 0.25) is 0 Å². The Labute approximate surface area is 118 Å². The van der Waals surface area contributed by atoms with E-state index in [1.54, 1.807) is 17.4 Å². The maximum absolute atomic E-state index is 10.5. The van der Waals surface area contributed by atoms with E-state index in [1.807, 2.05) is 6.07 Å². The summed E-state index contributed by atoms with van der Waals surface area (Å²) in [7, 11) is 2.16. The van der Waals surface area contributed by atoms with E-state index < -0.39 is 5.97 Å². The fraction of sp³-hybridized carbons (Fsp3) is 0.500. The summed E-state index contributed by atoms with van der Waals surface area (Å²) in [6.45, 7) is 6.53. The van der Waals surface area contributed by atoms with Crippen LogP contribution in [0.25, 0.3) is 6.08 Å². The smallest absolute Gasteiger partial charge is 0.328 e. The summed E-state index contributed by atoms with van der Waals surface area (Å²) in [6.07, 6.45) is 2.85. The Morgan fingerprint density at radius 3 is 3.00 bits per heavy atom. The van der Waals surface area contributed by atoms with Gasteiger partial charge in [0.2, 0.25) is 0 Å². The number of carbonyl (C=O) groups is 1. The second kappa shape index (κ2) is 6.32. The predicted molar refractivity (Wildman–Crippen MR) is 78.4 cm³/mol. The van der Waals surface area contributed by atoms with E-state index in [1.165, 1.54) is 11.0 Å². The van der Waals surface area contributed by atoms with E-state index in [9.17, 15) is 4.79 Å². The number of hydrogen-bond donors (Lipinski definition) is 1. The van der Waals surface area contributed by atoms with E-state index in [2.05, 4.69) is 29.8 Å². The Balaban J connectivity index is 1.94. The molecule has 1 aromatic heterocycles. The van der Waals surface area contributed by atoms with Crippen LogP contribution in [0.3, 0.4) is 0 Å². The van der Waals surface area contributed by atoms with Gasteiger partial charge in [-0.05, 0) is 32.2 Å². The molecule has 1 unspecified atom stereocenters. The van der Waals surface area contributed by atoms with Gasteiger partial charge in [0, 0.05) is 48.1 Å². The van der Waals surface area contributed by atoms with Gasteiger partial charge in [0.05, 0.1) is 0 Å². The van der Waals surface area contributed by atoms with Crippen LogP contribution >= 0.6 is 11.3 Å². The lowest BCUT2D eigenvalue weighted by Gasteiger charge is -2.37. The number of carboxylic acid groups (broad SMARTS) is 1. The summed E-state index contributed by atoms with van der Waals surface area (Å²) in [5.41, 5.74) is 0. The van der Waals surface area contributed by atoms with Crippen LogP contribution in [0.15, 0.2) is 18.2 Å². The van der Waals surface area contributed by atoms with Gasteiger partial charge in [-0.3, -0.25) is 4.90 Å². The van der Waals surface area contributed by atoms with Gasteiger partial charge in [0.25, 0.3) is 0 Å². The minimum Gasteiger partial charge on any atom is -0.478 e. The van der Waals surface area contributed by atoms with Gasteiger partial charge in [0.1, 0.15) is 0 Å². The highest BCUT2D eigenvalue weighted by molar-refractivity contribution is 7.12. The number of nitrogens with zero attached hydrogens (tertiary/aromatic N) is 2. The molecule has 2 rings (SSSR count). The van der Waals surface area contributed by atoms with Crippen molar-refractivity contribution in [2.45, 2.75) is 19.5 Å². The number of rotatable bonds is 4. The molecule has 1 aromatic rings. The molecule has 4 nitrogen and oxygen atoms in total. The van der Waals surface area contributed by atoms with Crippen LogP contribution in [0.5, 0.6) is 0 Å². The first kappa shape index (κ1) is 14.2. The third-order valence-corrected chi connectivity index (χ3v) is 4.43. The lowest BCUT2D eigenvalue weighted by atomic mass is 10.2. The van der Waals surface area contributed by atoms with Crippen molar-refractivity contribution in [3.05, 3.63) is 28.0 Å². The first-order valence-corrected chi connectivity index (χ1v) is 7.28. The number of carboxylic acids is 1. The fourth-order valence-corrected chi connectivity index (χ4v) is 3.28. The standard InChI is InChI=1S/C14H20N2O2S/c1-11-9-15(2)7-8-16(11)10-13-4-3-12(19-13)5-6-14(17)18/h3-6,11H,7-10H2,1-2H3,(H,17,18)/b6-5+. The highest BCUT2D eigenvalue weighted by Crippen LogP contribution is 2.21. The second-order valence-electron chi connectivity index (χ2n) is 5.06. The Bertz CT molecular complexity index is 470. The molecular weight excluding hydrogens is 260 g/mol. The molecule has 0 aliphatic carbocycles. The molecule has 5 heteroatoms. The van der Waals surface area contributed by atoms with Gasteiger partial charge in [-0.1, -0.05) is 0 Å². The number of piperazine rings is 1. The Kier molecular flexibility index (Phi) is 4.74. The van der Waals surface area contributed by atoms with Crippen molar-refractivity contribution in [1.29, 1.82) is 0 Å². The SMILES string of the molecule is CC1CN(C)CCN1Cc1ccc(/C=C/C(=O)O)s1. The fourth-order valence-electron chi connectivity index (χ4n) is 2.33. The van der Waals surface area contributed by atoms with Gasteiger partial charge < -0.3 is 10.0 Å². The summed E-state index contributed by atoms with van der Waals surface area (Å²) in [5.74, 6) is -0.900. The van der Waals surface area contributed by atoms with Crippen molar-refractivity contribution < 1.29 is 9.90 Å². The highest BCUT2D eigenvalue weighted by atomic mass is 32.1. The summed E-state index contributed by atoms with van der Waals surface area (Å²) in [6, 6.07) is 4.65. The monoisotopic (exact) mass is 280 g/mol. The van der Waals surface area contributed by atoms with Crippen LogP contribution in [0.4, 0.5) is 0 Å². The van der Waals surface area contributed by atoms with Gasteiger partial charge in [0.15, 0.2) is 0 Å². The molecule has 2 heterocycles. The van der Waals surface area contributed by atoms with Crippen LogP contribution in [-0.2, 0) is 11.3 Å². The lowest BCUT2D eigenvalue weighted by Crippen LogP contribution is -2.49. The molecule has 0 saturated carbocycles. The van der Waals surface area contributed by atoms with Crippen molar-refractivity contribution >= 4 is 23.4 Å². The normalized spacial score (nSPS) is 22.1. The maximum Gasteiger partial charge on any atom is 0.328 e. The molecule has 0 spiro atoms. The number of likely N-dealkylation sites (N-methyl/N-ethyl adjacent to an activating group) is 1. The number of thiophene rings is 1. The van der Waals surface area contributed by atoms with E-state index >= 15 is 0 Å². The molecule has 1 saturated heterocycles. The zero-order valence-electron chi connectivity index (χ0n) is 11.4. The van der Waals surface area contributed by atoms with Crippen molar-refractivity contribution in [3.63, 3.8) is 0 Å². The van der Waals surface area contributed by atoms with Crippen LogP contribution in [0.1, 0.15) is 16.7 Å². The molecule has 1 N–H and O–H groups in total. The molecule has 1 atom stereocenters. The molecule has 0 amide bonds. The summed E-state index contributed by atoms with van der Waals surface area (Å²) >= 11 is 1.67. The zero-order valence-corrected chi connectivity index (χ0v) is 12.2. The van der Waals surface area contributed by atoms with Gasteiger partial charge in [-0.2, -0.15) is 0 Å². The van der Waals surface area contributed by atoms with Gasteiger partial charge >= 0.3 is 5.97 Å². The van der Waals surface area contributed by atoms with Crippen molar-refractivity contribution in [3.8, 4) is 0 Å². The zero-order chi connectivity index (χ0) is 13.8. The summed E-state index contributed by atoms with van der Waals surface area (Å²) in [5, 5.41) is 8.61. The molecule has 0 bridgehead atoms.